The number of rotatable bonds is 7. The molecule has 1 aliphatic carbocycles. The lowest BCUT2D eigenvalue weighted by molar-refractivity contribution is 0.0877. The molecular weight excluding hydrogens is 491 g/mol. The highest BCUT2D eigenvalue weighted by Gasteiger charge is 2.43. The second-order valence-corrected chi connectivity index (χ2v) is 11.2. The van der Waals surface area contributed by atoms with Crippen LogP contribution in [0.4, 0.5) is 22.0 Å². The molecule has 1 heterocycles. The fraction of sp³-hybridized carbons (Fsp3) is 0.333. The van der Waals surface area contributed by atoms with Crippen LogP contribution < -0.4 is 0 Å². The largest absolute Gasteiger partial charge is 0.473 e. The van der Waals surface area contributed by atoms with Crippen molar-refractivity contribution in [1.29, 1.82) is 0 Å². The highest BCUT2D eigenvalue weighted by Crippen LogP contribution is 2.37. The Balaban J connectivity index is 1.70. The Bertz CT molecular complexity index is 1410. The predicted molar refractivity (Wildman–Crippen MR) is 120 cm³/mol. The number of sulfonamides is 1. The van der Waals surface area contributed by atoms with E-state index in [1.807, 2.05) is 20.8 Å². The number of hydrogen-bond donors (Lipinski definition) is 0. The Hall–Kier alpha value is -2.92. The summed E-state index contributed by atoms with van der Waals surface area (Å²) in [5.41, 5.74) is 0.719. The monoisotopic (exact) mass is 514 g/mol. The van der Waals surface area contributed by atoms with E-state index in [-0.39, 0.29) is 6.54 Å². The molecule has 0 unspecified atom stereocenters. The first-order valence-corrected chi connectivity index (χ1v) is 12.2. The number of nitrogens with zero attached hydrogens (tertiary/aromatic N) is 2. The van der Waals surface area contributed by atoms with Crippen molar-refractivity contribution in [3.8, 4) is 0 Å². The average Bonchev–Trinajstić information content (AvgIpc) is 3.51. The molecule has 0 amide bonds. The first-order valence-electron chi connectivity index (χ1n) is 10.7. The summed E-state index contributed by atoms with van der Waals surface area (Å²) in [5, 5.41) is 0.713. The summed E-state index contributed by atoms with van der Waals surface area (Å²) < 4.78 is 104. The predicted octanol–water partition coefficient (Wildman–Crippen LogP) is 5.93. The van der Waals surface area contributed by atoms with Gasteiger partial charge in [-0.15, -0.1) is 0 Å². The van der Waals surface area contributed by atoms with Crippen LogP contribution in [0.2, 0.25) is 0 Å². The molecule has 0 saturated heterocycles. The summed E-state index contributed by atoms with van der Waals surface area (Å²) in [6.45, 7) is 9.24. The Kier molecular flexibility index (Phi) is 6.21. The Morgan fingerprint density at radius 3 is 2.14 bits per heavy atom. The number of aromatic nitrogens is 1. The molecule has 0 atom stereocenters. The SMILES string of the molecule is C=C(OC(C)(C)C)n1ccc2cc(CN(C3CC3)S(=O)(=O)c3c(F)c(F)c(F)c(F)c3F)ccc21. The molecule has 11 heteroatoms. The van der Waals surface area contributed by atoms with E-state index >= 15 is 0 Å². The molecule has 35 heavy (non-hydrogen) atoms. The van der Waals surface area contributed by atoms with Gasteiger partial charge in [-0.1, -0.05) is 6.07 Å². The third kappa shape index (κ3) is 4.66. The third-order valence-corrected chi connectivity index (χ3v) is 7.40. The molecule has 1 aromatic heterocycles. The van der Waals surface area contributed by atoms with Crippen molar-refractivity contribution < 1.29 is 35.1 Å². The number of benzene rings is 2. The first kappa shape index (κ1) is 25.2. The second-order valence-electron chi connectivity index (χ2n) is 9.37. The molecule has 5 nitrogen and oxygen atoms in total. The maximum absolute atomic E-state index is 14.3. The van der Waals surface area contributed by atoms with Crippen molar-refractivity contribution >= 4 is 26.8 Å². The van der Waals surface area contributed by atoms with Crippen LogP contribution in [0.25, 0.3) is 16.8 Å². The molecule has 0 N–H and O–H groups in total. The van der Waals surface area contributed by atoms with E-state index in [9.17, 15) is 30.4 Å². The lowest BCUT2D eigenvalue weighted by Crippen LogP contribution is -2.34. The number of halogens is 5. The molecule has 2 aromatic carbocycles. The van der Waals surface area contributed by atoms with Crippen LogP contribution in [0, 0.1) is 29.1 Å². The maximum atomic E-state index is 14.3. The van der Waals surface area contributed by atoms with Gasteiger partial charge in [0.15, 0.2) is 34.0 Å². The lowest BCUT2D eigenvalue weighted by atomic mass is 10.1. The van der Waals surface area contributed by atoms with E-state index < -0.39 is 55.6 Å². The van der Waals surface area contributed by atoms with E-state index in [0.29, 0.717) is 29.7 Å². The molecule has 0 spiro atoms. The summed E-state index contributed by atoms with van der Waals surface area (Å²) in [5.74, 6) is -11.4. The molecule has 1 fully saturated rings. The van der Waals surface area contributed by atoms with Gasteiger partial charge in [-0.3, -0.25) is 4.57 Å². The van der Waals surface area contributed by atoms with Gasteiger partial charge in [0.2, 0.25) is 15.8 Å². The van der Waals surface area contributed by atoms with Crippen molar-refractivity contribution in [3.05, 3.63) is 71.7 Å². The van der Waals surface area contributed by atoms with Crippen LogP contribution in [0.15, 0.2) is 41.9 Å². The van der Waals surface area contributed by atoms with Crippen LogP contribution in [0.3, 0.4) is 0 Å². The molecule has 0 aliphatic heterocycles. The van der Waals surface area contributed by atoms with Crippen LogP contribution in [0.5, 0.6) is 0 Å². The number of hydrogen-bond acceptors (Lipinski definition) is 3. The zero-order valence-corrected chi connectivity index (χ0v) is 20.0. The molecule has 1 saturated carbocycles. The van der Waals surface area contributed by atoms with E-state index in [1.54, 1.807) is 35.0 Å². The number of fused-ring (bicyclic) bond motifs is 1. The molecule has 3 aromatic rings. The topological polar surface area (TPSA) is 51.5 Å². The molecule has 0 radical (unpaired) electrons. The molecule has 1 aliphatic rings. The summed E-state index contributed by atoms with van der Waals surface area (Å²) in [6, 6.07) is 6.15. The maximum Gasteiger partial charge on any atom is 0.249 e. The minimum Gasteiger partial charge on any atom is -0.473 e. The van der Waals surface area contributed by atoms with Crippen LogP contribution >= 0.6 is 0 Å². The Morgan fingerprint density at radius 1 is 1.03 bits per heavy atom. The standard InChI is InChI=1S/C24H23F5N2O3S/c1-13(34-24(2,3)4)30-10-9-15-11-14(5-8-17(15)30)12-31(16-6-7-16)35(32,33)23-21(28)19(26)18(25)20(27)22(23)29/h5,8-11,16H,1,6-7,12H2,2-4H3. The van der Waals surface area contributed by atoms with Gasteiger partial charge in [-0.25, -0.2) is 30.4 Å². The molecule has 4 rings (SSSR count). The quantitative estimate of drug-likeness (QED) is 0.170. The fourth-order valence-corrected chi connectivity index (χ4v) is 5.58. The van der Waals surface area contributed by atoms with Crippen molar-refractivity contribution in [1.82, 2.24) is 8.87 Å². The van der Waals surface area contributed by atoms with Crippen molar-refractivity contribution in [2.75, 3.05) is 0 Å². The van der Waals surface area contributed by atoms with Gasteiger partial charge in [0, 0.05) is 24.2 Å². The zero-order valence-electron chi connectivity index (χ0n) is 19.2. The van der Waals surface area contributed by atoms with E-state index in [0.717, 1.165) is 9.82 Å². The molecule has 188 valence electrons. The van der Waals surface area contributed by atoms with E-state index in [4.69, 9.17) is 4.74 Å². The fourth-order valence-electron chi connectivity index (χ4n) is 3.79. The second kappa shape index (κ2) is 8.63. The van der Waals surface area contributed by atoms with Crippen LogP contribution in [-0.2, 0) is 21.3 Å². The van der Waals surface area contributed by atoms with Crippen molar-refractivity contribution in [2.24, 2.45) is 0 Å². The van der Waals surface area contributed by atoms with E-state index in [2.05, 4.69) is 6.58 Å². The Labute approximate surface area is 199 Å². The minimum atomic E-state index is -5.04. The zero-order chi connectivity index (χ0) is 25.9. The first-order chi connectivity index (χ1) is 16.2. The Morgan fingerprint density at radius 2 is 1.60 bits per heavy atom. The lowest BCUT2D eigenvalue weighted by Gasteiger charge is -2.24. The smallest absolute Gasteiger partial charge is 0.249 e. The number of ether oxygens (including phenoxy) is 1. The van der Waals surface area contributed by atoms with Gasteiger partial charge >= 0.3 is 0 Å². The summed E-state index contributed by atoms with van der Waals surface area (Å²) in [4.78, 5) is -1.84. The van der Waals surface area contributed by atoms with Gasteiger partial charge in [-0.05, 0) is 64.0 Å². The average molecular weight is 515 g/mol. The van der Waals surface area contributed by atoms with Gasteiger partial charge in [0.05, 0.1) is 5.52 Å². The van der Waals surface area contributed by atoms with Crippen LogP contribution in [0.1, 0.15) is 39.2 Å². The molecular formula is C24H23F5N2O3S. The summed E-state index contributed by atoms with van der Waals surface area (Å²) in [7, 11) is -5.04. The van der Waals surface area contributed by atoms with Crippen LogP contribution in [-0.4, -0.2) is 28.9 Å². The normalized spacial score (nSPS) is 14.7. The highest BCUT2D eigenvalue weighted by molar-refractivity contribution is 7.89. The van der Waals surface area contributed by atoms with Crippen molar-refractivity contribution in [2.45, 2.75) is 56.7 Å². The van der Waals surface area contributed by atoms with Gasteiger partial charge in [0.25, 0.3) is 0 Å². The van der Waals surface area contributed by atoms with Gasteiger partial charge in [-0.2, -0.15) is 4.31 Å². The van der Waals surface area contributed by atoms with Gasteiger partial charge < -0.3 is 4.74 Å². The third-order valence-electron chi connectivity index (χ3n) is 5.48. The van der Waals surface area contributed by atoms with Crippen molar-refractivity contribution in [3.63, 3.8) is 0 Å². The highest BCUT2D eigenvalue weighted by atomic mass is 32.2. The summed E-state index contributed by atoms with van der Waals surface area (Å²) in [6.07, 6.45) is 2.53. The summed E-state index contributed by atoms with van der Waals surface area (Å²) >= 11 is 0. The van der Waals surface area contributed by atoms with E-state index in [1.165, 1.54) is 0 Å². The van der Waals surface area contributed by atoms with Gasteiger partial charge in [0.1, 0.15) is 5.60 Å². The minimum absolute atomic E-state index is 0.312. The molecule has 0 bridgehead atoms.